The second-order valence-electron chi connectivity index (χ2n) is 3.07. The van der Waals surface area contributed by atoms with E-state index < -0.39 is 5.97 Å². The van der Waals surface area contributed by atoms with E-state index in [0.29, 0.717) is 5.69 Å². The van der Waals surface area contributed by atoms with Crippen molar-refractivity contribution in [3.63, 3.8) is 0 Å². The molecule has 0 aliphatic heterocycles. The second kappa shape index (κ2) is 4.24. The fraction of sp³-hybridized carbons (Fsp3) is 0.100. The van der Waals surface area contributed by atoms with E-state index in [-0.39, 0.29) is 12.4 Å². The molecule has 0 spiro atoms. The number of aromatic nitrogens is 1. The van der Waals surface area contributed by atoms with Crippen LogP contribution in [0.5, 0.6) is 0 Å². The second-order valence-corrected chi connectivity index (χ2v) is 3.93. The van der Waals surface area contributed by atoms with Crippen molar-refractivity contribution in [2.45, 2.75) is 0 Å². The summed E-state index contributed by atoms with van der Waals surface area (Å²) >= 11 is 3.40. The molecule has 0 amide bonds. The first-order chi connectivity index (χ1) is 6.61. The van der Waals surface area contributed by atoms with Crippen LogP contribution >= 0.6 is 28.3 Å². The van der Waals surface area contributed by atoms with Gasteiger partial charge >= 0.3 is 5.97 Å². The van der Waals surface area contributed by atoms with Crippen LogP contribution < -0.4 is 0 Å². The van der Waals surface area contributed by atoms with Crippen LogP contribution in [0.2, 0.25) is 0 Å². The molecule has 0 saturated carbocycles. The molecule has 0 saturated heterocycles. The smallest absolute Gasteiger partial charge is 0.352 e. The average molecular weight is 291 g/mol. The van der Waals surface area contributed by atoms with E-state index in [1.165, 1.54) is 0 Å². The molecule has 0 unspecified atom stereocenters. The summed E-state index contributed by atoms with van der Waals surface area (Å²) < 4.78 is 2.58. The van der Waals surface area contributed by atoms with Gasteiger partial charge < -0.3 is 9.67 Å². The number of fused-ring (bicyclic) bond motifs is 1. The molecule has 3 nitrogen and oxygen atoms in total. The van der Waals surface area contributed by atoms with Gasteiger partial charge in [-0.25, -0.2) is 4.79 Å². The first-order valence-corrected chi connectivity index (χ1v) is 4.88. The number of halogens is 2. The number of carbonyl (C=O) groups is 1. The van der Waals surface area contributed by atoms with Gasteiger partial charge in [0.1, 0.15) is 5.69 Å². The largest absolute Gasteiger partial charge is 0.477 e. The summed E-state index contributed by atoms with van der Waals surface area (Å²) in [6.07, 6.45) is 0. The third kappa shape index (κ3) is 1.87. The number of para-hydroxylation sites is 1. The average Bonchev–Trinajstić information content (AvgIpc) is 2.45. The van der Waals surface area contributed by atoms with Crippen LogP contribution in [0.1, 0.15) is 10.5 Å². The Bertz CT molecular complexity index is 521. The van der Waals surface area contributed by atoms with E-state index in [2.05, 4.69) is 15.9 Å². The van der Waals surface area contributed by atoms with E-state index >= 15 is 0 Å². The van der Waals surface area contributed by atoms with E-state index in [1.807, 2.05) is 18.2 Å². The van der Waals surface area contributed by atoms with E-state index in [9.17, 15) is 4.79 Å². The highest BCUT2D eigenvalue weighted by atomic mass is 79.9. The SMILES string of the molecule is Cl.Cn1c(C(=O)O)cc2cccc(Br)c21. The molecule has 2 aromatic rings. The van der Waals surface area contributed by atoms with Gasteiger partial charge in [0.2, 0.25) is 0 Å². The van der Waals surface area contributed by atoms with Crippen LogP contribution in [0.4, 0.5) is 0 Å². The maximum absolute atomic E-state index is 10.9. The molecule has 1 aromatic carbocycles. The van der Waals surface area contributed by atoms with Gasteiger partial charge in [-0.05, 0) is 28.1 Å². The van der Waals surface area contributed by atoms with Crippen LogP contribution in [0, 0.1) is 0 Å². The minimum atomic E-state index is -0.907. The molecule has 0 atom stereocenters. The van der Waals surface area contributed by atoms with Gasteiger partial charge in [-0.15, -0.1) is 12.4 Å². The van der Waals surface area contributed by atoms with Crippen molar-refractivity contribution in [1.82, 2.24) is 4.57 Å². The van der Waals surface area contributed by atoms with Gasteiger partial charge in [0.25, 0.3) is 0 Å². The number of nitrogens with zero attached hydrogens (tertiary/aromatic N) is 1. The Balaban J connectivity index is 0.00000112. The molecule has 2 rings (SSSR count). The molecule has 5 heteroatoms. The maximum atomic E-state index is 10.9. The normalized spacial score (nSPS) is 10.0. The Morgan fingerprint density at radius 1 is 1.47 bits per heavy atom. The summed E-state index contributed by atoms with van der Waals surface area (Å²) in [5.74, 6) is -0.907. The number of aryl methyl sites for hydroxylation is 1. The fourth-order valence-electron chi connectivity index (χ4n) is 1.57. The van der Waals surface area contributed by atoms with E-state index in [0.717, 1.165) is 15.4 Å². The van der Waals surface area contributed by atoms with Crippen LogP contribution in [0.15, 0.2) is 28.7 Å². The molecule has 1 N–H and O–H groups in total. The molecule has 15 heavy (non-hydrogen) atoms. The molecule has 0 radical (unpaired) electrons. The first kappa shape index (κ1) is 12.1. The molecule has 1 aromatic heterocycles. The molecule has 0 fully saturated rings. The van der Waals surface area contributed by atoms with Gasteiger partial charge in [-0.1, -0.05) is 12.1 Å². The number of rotatable bonds is 1. The lowest BCUT2D eigenvalue weighted by Crippen LogP contribution is -2.03. The number of carboxylic acid groups (broad SMARTS) is 1. The lowest BCUT2D eigenvalue weighted by Gasteiger charge is -2.00. The Kier molecular flexibility index (Phi) is 3.42. The van der Waals surface area contributed by atoms with Gasteiger partial charge in [-0.2, -0.15) is 0 Å². The zero-order chi connectivity index (χ0) is 10.3. The van der Waals surface area contributed by atoms with Gasteiger partial charge in [-0.3, -0.25) is 0 Å². The lowest BCUT2D eigenvalue weighted by molar-refractivity contribution is 0.0687. The Morgan fingerprint density at radius 2 is 2.13 bits per heavy atom. The number of benzene rings is 1. The van der Waals surface area contributed by atoms with Crippen molar-refractivity contribution in [2.75, 3.05) is 0 Å². The highest BCUT2D eigenvalue weighted by Gasteiger charge is 2.12. The van der Waals surface area contributed by atoms with Crippen molar-refractivity contribution >= 4 is 45.2 Å². The Morgan fingerprint density at radius 3 is 2.67 bits per heavy atom. The first-order valence-electron chi connectivity index (χ1n) is 4.08. The molecule has 0 bridgehead atoms. The van der Waals surface area contributed by atoms with Gasteiger partial charge in [0, 0.05) is 16.9 Å². The summed E-state index contributed by atoms with van der Waals surface area (Å²) in [5.41, 5.74) is 1.21. The topological polar surface area (TPSA) is 42.2 Å². The monoisotopic (exact) mass is 289 g/mol. The zero-order valence-corrected chi connectivity index (χ0v) is 10.3. The summed E-state index contributed by atoms with van der Waals surface area (Å²) in [6, 6.07) is 7.35. The fourth-order valence-corrected chi connectivity index (χ4v) is 2.22. The zero-order valence-electron chi connectivity index (χ0n) is 7.90. The quantitative estimate of drug-likeness (QED) is 0.877. The van der Waals surface area contributed by atoms with Crippen molar-refractivity contribution in [3.05, 3.63) is 34.4 Å². The van der Waals surface area contributed by atoms with Crippen molar-refractivity contribution in [1.29, 1.82) is 0 Å². The molecule has 80 valence electrons. The molecule has 1 heterocycles. The van der Waals surface area contributed by atoms with Crippen LogP contribution in [-0.4, -0.2) is 15.6 Å². The van der Waals surface area contributed by atoms with E-state index in [4.69, 9.17) is 5.11 Å². The van der Waals surface area contributed by atoms with Crippen LogP contribution in [0.3, 0.4) is 0 Å². The van der Waals surface area contributed by atoms with E-state index in [1.54, 1.807) is 17.7 Å². The number of aromatic carboxylic acids is 1. The molecule has 0 aliphatic carbocycles. The predicted molar refractivity (Wildman–Crippen MR) is 64.8 cm³/mol. The highest BCUT2D eigenvalue weighted by Crippen LogP contribution is 2.26. The van der Waals surface area contributed by atoms with Crippen molar-refractivity contribution in [2.24, 2.45) is 7.05 Å². The summed E-state index contributed by atoms with van der Waals surface area (Å²) in [7, 11) is 1.75. The number of hydrogen-bond acceptors (Lipinski definition) is 1. The third-order valence-electron chi connectivity index (χ3n) is 2.23. The van der Waals surface area contributed by atoms with Gasteiger partial charge in [0.05, 0.1) is 5.52 Å². The standard InChI is InChI=1S/C10H8BrNO2.ClH/c1-12-8(10(13)14)5-6-3-2-4-7(11)9(6)12;/h2-5H,1H3,(H,13,14);1H. The predicted octanol–water partition coefficient (Wildman–Crippen LogP) is 3.06. The summed E-state index contributed by atoms with van der Waals surface area (Å²) in [5, 5.41) is 9.85. The van der Waals surface area contributed by atoms with Crippen molar-refractivity contribution < 1.29 is 9.90 Å². The molecular formula is C10H9BrClNO2. The van der Waals surface area contributed by atoms with Crippen LogP contribution in [0.25, 0.3) is 10.9 Å². The van der Waals surface area contributed by atoms with Crippen molar-refractivity contribution in [3.8, 4) is 0 Å². The maximum Gasteiger partial charge on any atom is 0.352 e. The summed E-state index contributed by atoms with van der Waals surface area (Å²) in [6.45, 7) is 0. The molecular weight excluding hydrogens is 281 g/mol. The number of carboxylic acids is 1. The minimum absolute atomic E-state index is 0. The Hall–Kier alpha value is -1.00. The van der Waals surface area contributed by atoms with Crippen LogP contribution in [-0.2, 0) is 7.05 Å². The van der Waals surface area contributed by atoms with Gasteiger partial charge in [0.15, 0.2) is 0 Å². The minimum Gasteiger partial charge on any atom is -0.477 e. The summed E-state index contributed by atoms with van der Waals surface area (Å²) in [4.78, 5) is 10.9. The number of hydrogen-bond donors (Lipinski definition) is 1. The molecule has 0 aliphatic rings. The lowest BCUT2D eigenvalue weighted by atomic mass is 10.2. The Labute approximate surface area is 101 Å². The highest BCUT2D eigenvalue weighted by molar-refractivity contribution is 9.10. The third-order valence-corrected chi connectivity index (χ3v) is 2.87.